The molecule has 2 aromatic carbocycles. The lowest BCUT2D eigenvalue weighted by Crippen LogP contribution is -2.45. The second-order valence-corrected chi connectivity index (χ2v) is 8.95. The van der Waals surface area contributed by atoms with Crippen molar-refractivity contribution in [3.8, 4) is 0 Å². The largest absolute Gasteiger partial charge is 0.371 e. The summed E-state index contributed by atoms with van der Waals surface area (Å²) in [6, 6.07) is 13.8. The summed E-state index contributed by atoms with van der Waals surface area (Å²) in [7, 11) is 0. The molecule has 0 radical (unpaired) electrons. The van der Waals surface area contributed by atoms with E-state index in [2.05, 4.69) is 15.5 Å². The van der Waals surface area contributed by atoms with Crippen molar-refractivity contribution in [1.29, 1.82) is 0 Å². The van der Waals surface area contributed by atoms with E-state index in [1.807, 2.05) is 24.3 Å². The van der Waals surface area contributed by atoms with Crippen LogP contribution in [0.2, 0.25) is 0 Å². The molecule has 4 rings (SSSR count). The molecule has 0 unspecified atom stereocenters. The van der Waals surface area contributed by atoms with Crippen LogP contribution in [0, 0.1) is 11.7 Å². The average molecular weight is 438 g/mol. The molecule has 0 bridgehead atoms. The molecule has 1 saturated carbocycles. The van der Waals surface area contributed by atoms with E-state index in [0.717, 1.165) is 38.2 Å². The summed E-state index contributed by atoms with van der Waals surface area (Å²) >= 11 is 0. The number of benzene rings is 2. The van der Waals surface area contributed by atoms with Crippen LogP contribution in [0.4, 0.5) is 10.1 Å². The quantitative estimate of drug-likeness (QED) is 0.698. The number of hydrogen-bond acceptors (Lipinski definition) is 3. The van der Waals surface area contributed by atoms with E-state index in [1.165, 1.54) is 44.2 Å². The van der Waals surface area contributed by atoms with Gasteiger partial charge in [0.25, 0.3) is 11.8 Å². The summed E-state index contributed by atoms with van der Waals surface area (Å²) in [4.78, 5) is 27.5. The van der Waals surface area contributed by atoms with Gasteiger partial charge in [-0.05, 0) is 55.9 Å². The first kappa shape index (κ1) is 22.3. The molecule has 32 heavy (non-hydrogen) atoms. The van der Waals surface area contributed by atoms with Crippen LogP contribution in [0.3, 0.4) is 0 Å². The molecule has 0 spiro atoms. The van der Waals surface area contributed by atoms with Crippen LogP contribution >= 0.6 is 0 Å². The topological polar surface area (TPSA) is 61.4 Å². The highest BCUT2D eigenvalue weighted by atomic mass is 19.1. The Hall–Kier alpha value is -2.89. The van der Waals surface area contributed by atoms with Crippen molar-refractivity contribution in [3.05, 3.63) is 65.5 Å². The Morgan fingerprint density at radius 3 is 2.22 bits per heavy atom. The first-order chi connectivity index (χ1) is 15.6. The predicted molar refractivity (Wildman–Crippen MR) is 124 cm³/mol. The van der Waals surface area contributed by atoms with Gasteiger partial charge >= 0.3 is 0 Å². The zero-order valence-electron chi connectivity index (χ0n) is 18.5. The third-order valence-corrected chi connectivity index (χ3v) is 6.71. The predicted octanol–water partition coefficient (Wildman–Crippen LogP) is 4.53. The SMILES string of the molecule is O=C(NC1CCN(c2ccccc2C(=O)NCC2CCCCC2)CC1)c1ccccc1F. The first-order valence-corrected chi connectivity index (χ1v) is 11.8. The minimum atomic E-state index is -0.504. The summed E-state index contributed by atoms with van der Waals surface area (Å²) in [5.41, 5.74) is 1.72. The fourth-order valence-electron chi connectivity index (χ4n) is 4.84. The maximum absolute atomic E-state index is 13.9. The molecular weight excluding hydrogens is 405 g/mol. The number of rotatable bonds is 6. The highest BCUT2D eigenvalue weighted by molar-refractivity contribution is 6.00. The van der Waals surface area contributed by atoms with Gasteiger partial charge in [-0.3, -0.25) is 9.59 Å². The van der Waals surface area contributed by atoms with Crippen LogP contribution in [0.15, 0.2) is 48.5 Å². The summed E-state index contributed by atoms with van der Waals surface area (Å²) in [5, 5.41) is 6.11. The molecule has 2 aliphatic rings. The molecule has 170 valence electrons. The lowest BCUT2D eigenvalue weighted by molar-refractivity contribution is 0.0925. The van der Waals surface area contributed by atoms with Crippen LogP contribution in [0.25, 0.3) is 0 Å². The van der Waals surface area contributed by atoms with Gasteiger partial charge in [0.15, 0.2) is 0 Å². The van der Waals surface area contributed by atoms with Gasteiger partial charge in [0.2, 0.25) is 0 Å². The van der Waals surface area contributed by atoms with Crippen molar-refractivity contribution in [1.82, 2.24) is 10.6 Å². The lowest BCUT2D eigenvalue weighted by atomic mass is 9.89. The maximum atomic E-state index is 13.9. The van der Waals surface area contributed by atoms with Crippen molar-refractivity contribution in [2.75, 3.05) is 24.5 Å². The monoisotopic (exact) mass is 437 g/mol. The Kier molecular flexibility index (Phi) is 7.40. The fourth-order valence-corrected chi connectivity index (χ4v) is 4.84. The van der Waals surface area contributed by atoms with E-state index in [1.54, 1.807) is 12.1 Å². The van der Waals surface area contributed by atoms with E-state index in [-0.39, 0.29) is 23.4 Å². The van der Waals surface area contributed by atoms with Gasteiger partial charge in [-0.15, -0.1) is 0 Å². The minimum absolute atomic E-state index is 0.00866. The van der Waals surface area contributed by atoms with Crippen LogP contribution in [0.5, 0.6) is 0 Å². The highest BCUT2D eigenvalue weighted by Gasteiger charge is 2.25. The number of para-hydroxylation sites is 1. The Morgan fingerprint density at radius 1 is 0.844 bits per heavy atom. The molecule has 1 saturated heterocycles. The number of anilines is 1. The molecular formula is C26H32FN3O2. The van der Waals surface area contributed by atoms with Crippen molar-refractivity contribution in [2.45, 2.75) is 51.0 Å². The maximum Gasteiger partial charge on any atom is 0.254 e. The Morgan fingerprint density at radius 2 is 1.50 bits per heavy atom. The Balaban J connectivity index is 1.33. The summed E-state index contributed by atoms with van der Waals surface area (Å²) in [6.45, 7) is 2.21. The Bertz CT molecular complexity index is 934. The molecule has 6 heteroatoms. The third-order valence-electron chi connectivity index (χ3n) is 6.71. The van der Waals surface area contributed by atoms with Gasteiger partial charge in [-0.1, -0.05) is 43.5 Å². The third kappa shape index (κ3) is 5.47. The summed E-state index contributed by atoms with van der Waals surface area (Å²) < 4.78 is 13.9. The molecule has 0 atom stereocenters. The second kappa shape index (κ2) is 10.6. The smallest absolute Gasteiger partial charge is 0.254 e. The number of nitrogens with one attached hydrogen (secondary N) is 2. The molecule has 1 aliphatic heterocycles. The number of carbonyl (C=O) groups excluding carboxylic acids is 2. The van der Waals surface area contributed by atoms with Crippen LogP contribution in [-0.2, 0) is 0 Å². The van der Waals surface area contributed by atoms with Gasteiger partial charge < -0.3 is 15.5 Å². The van der Waals surface area contributed by atoms with Gasteiger partial charge in [0.1, 0.15) is 5.82 Å². The van der Waals surface area contributed by atoms with Crippen molar-refractivity contribution < 1.29 is 14.0 Å². The van der Waals surface area contributed by atoms with E-state index >= 15 is 0 Å². The van der Waals surface area contributed by atoms with E-state index in [9.17, 15) is 14.0 Å². The van der Waals surface area contributed by atoms with Gasteiger partial charge in [0, 0.05) is 31.4 Å². The van der Waals surface area contributed by atoms with Crippen LogP contribution in [0.1, 0.15) is 65.7 Å². The highest BCUT2D eigenvalue weighted by Crippen LogP contribution is 2.26. The molecule has 5 nitrogen and oxygen atoms in total. The number of hydrogen-bond donors (Lipinski definition) is 2. The standard InChI is InChI=1S/C26H32FN3O2/c27-23-12-6-4-10-21(23)26(32)29-20-14-16-30(17-15-20)24-13-7-5-11-22(24)25(31)28-18-19-8-2-1-3-9-19/h4-7,10-13,19-20H,1-3,8-9,14-18H2,(H,28,31)(H,29,32). The lowest BCUT2D eigenvalue weighted by Gasteiger charge is -2.35. The number of amides is 2. The zero-order chi connectivity index (χ0) is 22.3. The summed E-state index contributed by atoms with van der Waals surface area (Å²) in [5.74, 6) is -0.297. The fraction of sp³-hybridized carbons (Fsp3) is 0.462. The van der Waals surface area contributed by atoms with Gasteiger partial charge in [-0.2, -0.15) is 0 Å². The molecule has 1 aliphatic carbocycles. The molecule has 2 N–H and O–H groups in total. The average Bonchev–Trinajstić information content (AvgIpc) is 2.84. The van der Waals surface area contributed by atoms with Gasteiger partial charge in [0.05, 0.1) is 11.1 Å². The number of piperidine rings is 1. The number of carbonyl (C=O) groups is 2. The molecule has 2 amide bonds. The molecule has 2 aromatic rings. The normalized spacial score (nSPS) is 17.7. The number of nitrogens with zero attached hydrogens (tertiary/aromatic N) is 1. The van der Waals surface area contributed by atoms with Crippen molar-refractivity contribution >= 4 is 17.5 Å². The second-order valence-electron chi connectivity index (χ2n) is 8.95. The van der Waals surface area contributed by atoms with E-state index in [0.29, 0.717) is 11.5 Å². The Labute approximate surface area is 189 Å². The number of halogens is 1. The zero-order valence-corrected chi connectivity index (χ0v) is 18.5. The summed E-state index contributed by atoms with van der Waals surface area (Å²) in [6.07, 6.45) is 7.74. The molecule has 2 fully saturated rings. The van der Waals surface area contributed by atoms with E-state index < -0.39 is 5.82 Å². The van der Waals surface area contributed by atoms with Crippen molar-refractivity contribution in [2.24, 2.45) is 5.92 Å². The van der Waals surface area contributed by atoms with Gasteiger partial charge in [-0.25, -0.2) is 4.39 Å². The van der Waals surface area contributed by atoms with E-state index in [4.69, 9.17) is 0 Å². The first-order valence-electron chi connectivity index (χ1n) is 11.8. The molecule has 1 heterocycles. The minimum Gasteiger partial charge on any atom is -0.371 e. The molecule has 0 aromatic heterocycles. The van der Waals surface area contributed by atoms with Crippen LogP contribution in [-0.4, -0.2) is 37.5 Å². The van der Waals surface area contributed by atoms with Crippen molar-refractivity contribution in [3.63, 3.8) is 0 Å². The van der Waals surface area contributed by atoms with Crippen LogP contribution < -0.4 is 15.5 Å².